The zero-order chi connectivity index (χ0) is 53.7. The maximum Gasteiger partial charge on any atom is 0.416 e. The number of β-lactam (4-membered cyclic amide) rings is 1. The molecule has 3 aliphatic heterocycles. The van der Waals surface area contributed by atoms with Gasteiger partial charge in [0, 0.05) is 28.3 Å². The molecule has 24 heteroatoms. The maximum absolute atomic E-state index is 14.2. The SMILES string of the molecule is N#Cc1ccc(-c2nncn2Cn2cnnc2-c2ccc(C#N)cc2-c2cc(N3Cc4c(cccc4C(F)(F)F)C3=O)nc(N3C[C@H](N)C3=O)c2)c(-c2cc(NC3CC3)nc(N3Cc4c(cccc4C(F)(F)F)C3=O)c2)c1. The first-order valence-corrected chi connectivity index (χ1v) is 23.7. The van der Waals surface area contributed by atoms with E-state index in [0.717, 1.165) is 35.9 Å². The molecular weight excluding hydrogens is 1010 g/mol. The summed E-state index contributed by atoms with van der Waals surface area (Å²) in [6, 6.07) is 26.3. The molecule has 4 aromatic heterocycles. The van der Waals surface area contributed by atoms with Crippen LogP contribution in [0.5, 0.6) is 0 Å². The lowest BCUT2D eigenvalue weighted by molar-refractivity contribution is -0.139. The Morgan fingerprint density at radius 3 is 1.53 bits per heavy atom. The van der Waals surface area contributed by atoms with Gasteiger partial charge >= 0.3 is 12.4 Å². The third-order valence-corrected chi connectivity index (χ3v) is 13.8. The second-order valence-electron chi connectivity index (χ2n) is 18.7. The van der Waals surface area contributed by atoms with Gasteiger partial charge in [-0.1, -0.05) is 12.1 Å². The van der Waals surface area contributed by atoms with Gasteiger partial charge in [0.15, 0.2) is 11.6 Å². The smallest absolute Gasteiger partial charge is 0.367 e. The van der Waals surface area contributed by atoms with Gasteiger partial charge in [-0.15, -0.1) is 20.4 Å². The lowest BCUT2D eigenvalue weighted by Crippen LogP contribution is -2.61. The number of nitriles is 2. The van der Waals surface area contributed by atoms with Gasteiger partial charge in [0.1, 0.15) is 48.6 Å². The zero-order valence-corrected chi connectivity index (χ0v) is 39.7. The summed E-state index contributed by atoms with van der Waals surface area (Å²) in [6.45, 7) is -0.867. The fourth-order valence-electron chi connectivity index (χ4n) is 9.87. The monoisotopic (exact) mass is 1040 g/mol. The van der Waals surface area contributed by atoms with Gasteiger partial charge in [-0.2, -0.15) is 36.9 Å². The van der Waals surface area contributed by atoms with Crippen LogP contribution >= 0.6 is 0 Å². The van der Waals surface area contributed by atoms with Crippen LogP contribution in [0.15, 0.2) is 110 Å². The number of nitrogens with one attached hydrogen (secondary N) is 1. The highest BCUT2D eigenvalue weighted by atomic mass is 19.4. The van der Waals surface area contributed by atoms with Crippen molar-refractivity contribution >= 4 is 41.0 Å². The number of carbonyl (C=O) groups is 3. The van der Waals surface area contributed by atoms with Crippen LogP contribution in [0.1, 0.15) is 66.9 Å². The van der Waals surface area contributed by atoms with E-state index in [2.05, 4.69) is 42.8 Å². The van der Waals surface area contributed by atoms with E-state index in [1.54, 1.807) is 63.7 Å². The Bertz CT molecular complexity index is 3910. The third kappa shape index (κ3) is 8.49. The predicted molar refractivity (Wildman–Crippen MR) is 263 cm³/mol. The van der Waals surface area contributed by atoms with Crippen LogP contribution in [0.25, 0.3) is 45.0 Å². The number of aromatic nitrogens is 8. The summed E-state index contributed by atoms with van der Waals surface area (Å²) in [4.78, 5) is 53.7. The number of hydrogen-bond acceptors (Lipinski definition) is 13. The molecule has 0 bridgehead atoms. The number of carbonyl (C=O) groups excluding carboxylic acids is 3. The highest BCUT2D eigenvalue weighted by Gasteiger charge is 2.43. The molecule has 0 radical (unpaired) electrons. The molecule has 1 atom stereocenters. The Labute approximate surface area is 431 Å². The molecular formula is C53H35F6N15O3. The summed E-state index contributed by atoms with van der Waals surface area (Å²) in [7, 11) is 0. The van der Waals surface area contributed by atoms with Gasteiger partial charge in [0.05, 0.1) is 54.0 Å². The number of halogens is 6. The van der Waals surface area contributed by atoms with Crippen molar-refractivity contribution in [3.8, 4) is 57.2 Å². The predicted octanol–water partition coefficient (Wildman–Crippen LogP) is 8.18. The molecule has 12 rings (SSSR count). The van der Waals surface area contributed by atoms with Gasteiger partial charge in [-0.25, -0.2) is 9.97 Å². The fraction of sp³-hybridized carbons (Fsp3) is 0.189. The van der Waals surface area contributed by atoms with E-state index in [4.69, 9.17) is 10.7 Å². The molecule has 4 aromatic carbocycles. The summed E-state index contributed by atoms with van der Waals surface area (Å²) >= 11 is 0. The molecule has 18 nitrogen and oxygen atoms in total. The van der Waals surface area contributed by atoms with Crippen LogP contribution in [0, 0.1) is 22.7 Å². The standard InChI is InChI=1S/C53H35F6N15O3/c54-52(55,56)40-5-1-3-34-38(40)21-72(49(34)75)44-16-29(15-43(66-44)65-31-9-10-31)36-13-27(19-60)7-11-32(36)47-68-63-24-70(47)26-71-25-64-69-48(71)33-12-8-28(20-61)14-37(33)30-17-45(67-46(18-30)74-23-42(62)51(74)77)73-22-39-35(50(73)76)4-2-6-41(39)53(57,58)59/h1-8,11-18,24-25,31,42H,9-10,21-23,26,62H2,(H,65,66)/t42-/m0/s1. The third-order valence-electron chi connectivity index (χ3n) is 13.8. The molecule has 77 heavy (non-hydrogen) atoms. The minimum Gasteiger partial charge on any atom is -0.367 e. The molecule has 2 fully saturated rings. The number of benzene rings is 4. The van der Waals surface area contributed by atoms with Crippen molar-refractivity contribution < 1.29 is 40.7 Å². The van der Waals surface area contributed by atoms with Crippen molar-refractivity contribution in [2.24, 2.45) is 5.73 Å². The van der Waals surface area contributed by atoms with Gasteiger partial charge in [0.25, 0.3) is 11.8 Å². The summed E-state index contributed by atoms with van der Waals surface area (Å²) in [5.41, 5.74) is 6.26. The highest BCUT2D eigenvalue weighted by molar-refractivity contribution is 6.11. The number of alkyl halides is 6. The number of pyridine rings is 2. The van der Waals surface area contributed by atoms with Gasteiger partial charge in [-0.3, -0.25) is 38.2 Å². The Hall–Kier alpha value is -9.81. The van der Waals surface area contributed by atoms with Crippen LogP contribution in [0.4, 0.5) is 49.6 Å². The van der Waals surface area contributed by atoms with Crippen LogP contribution in [-0.4, -0.2) is 75.8 Å². The van der Waals surface area contributed by atoms with Crippen LogP contribution in [-0.2, 0) is 36.9 Å². The van der Waals surface area contributed by atoms with Gasteiger partial charge < -0.3 is 11.1 Å². The number of amides is 3. The van der Waals surface area contributed by atoms with E-state index in [1.165, 1.54) is 46.7 Å². The number of hydrogen-bond donors (Lipinski definition) is 2. The average molecular weight is 1040 g/mol. The molecule has 1 aliphatic carbocycles. The average Bonchev–Trinajstić information content (AvgIpc) is 3.80. The number of nitrogens with zero attached hydrogens (tertiary/aromatic N) is 13. The fourth-order valence-corrected chi connectivity index (χ4v) is 9.87. The first-order chi connectivity index (χ1) is 36.9. The molecule has 1 saturated carbocycles. The second kappa shape index (κ2) is 17.9. The normalized spacial score (nSPS) is 16.1. The van der Waals surface area contributed by atoms with Crippen LogP contribution < -0.4 is 25.8 Å². The summed E-state index contributed by atoms with van der Waals surface area (Å²) in [5, 5.41) is 41.0. The first kappa shape index (κ1) is 48.1. The first-order valence-electron chi connectivity index (χ1n) is 23.7. The number of rotatable bonds is 11. The van der Waals surface area contributed by atoms with E-state index in [1.807, 2.05) is 0 Å². The molecule has 0 spiro atoms. The van der Waals surface area contributed by atoms with Crippen molar-refractivity contribution in [1.29, 1.82) is 10.5 Å². The molecule has 3 amide bonds. The Morgan fingerprint density at radius 2 is 1.08 bits per heavy atom. The number of fused-ring (bicyclic) bond motifs is 2. The topological polar surface area (TPSA) is 234 Å². The van der Waals surface area contributed by atoms with Crippen LogP contribution in [0.3, 0.4) is 0 Å². The molecule has 8 aromatic rings. The number of anilines is 4. The zero-order valence-electron chi connectivity index (χ0n) is 39.7. The van der Waals surface area contributed by atoms with E-state index >= 15 is 0 Å². The van der Waals surface area contributed by atoms with Crippen molar-refractivity contribution in [1.82, 2.24) is 39.5 Å². The lowest BCUT2D eigenvalue weighted by atomic mass is 9.96. The molecule has 382 valence electrons. The van der Waals surface area contributed by atoms with Crippen molar-refractivity contribution in [2.75, 3.05) is 26.6 Å². The molecule has 3 N–H and O–H groups in total. The Balaban J connectivity index is 0.925. The van der Waals surface area contributed by atoms with Crippen molar-refractivity contribution in [3.63, 3.8) is 0 Å². The molecule has 7 heterocycles. The highest BCUT2D eigenvalue weighted by Crippen LogP contribution is 2.44. The molecule has 4 aliphatic rings. The molecule has 1 saturated heterocycles. The largest absolute Gasteiger partial charge is 0.416 e. The summed E-state index contributed by atoms with van der Waals surface area (Å²) in [5.74, 6) is -0.967. The summed E-state index contributed by atoms with van der Waals surface area (Å²) in [6.07, 6.45) is -4.89. The minimum atomic E-state index is -4.76. The van der Waals surface area contributed by atoms with Crippen LogP contribution in [0.2, 0.25) is 0 Å². The van der Waals surface area contributed by atoms with Crippen molar-refractivity contribution in [2.45, 2.75) is 57.0 Å². The van der Waals surface area contributed by atoms with Gasteiger partial charge in [0.2, 0.25) is 5.91 Å². The number of nitrogens with two attached hydrogens (primary N) is 1. The minimum absolute atomic E-state index is 0.0515. The molecule has 0 unspecified atom stereocenters. The Morgan fingerprint density at radius 1 is 0.597 bits per heavy atom. The quantitative estimate of drug-likeness (QED) is 0.0920. The van der Waals surface area contributed by atoms with E-state index in [0.29, 0.717) is 39.2 Å². The lowest BCUT2D eigenvalue weighted by Gasteiger charge is -2.35. The maximum atomic E-state index is 14.2. The van der Waals surface area contributed by atoms with E-state index < -0.39 is 53.8 Å². The summed E-state index contributed by atoms with van der Waals surface area (Å²) < 4.78 is 88.5. The Kier molecular flexibility index (Phi) is 11.2. The van der Waals surface area contributed by atoms with E-state index in [-0.39, 0.29) is 88.3 Å². The second-order valence-corrected chi connectivity index (χ2v) is 18.7. The van der Waals surface area contributed by atoms with Crippen molar-refractivity contribution in [3.05, 3.63) is 154 Å². The van der Waals surface area contributed by atoms with Gasteiger partial charge in [-0.05, 0) is 131 Å². The van der Waals surface area contributed by atoms with E-state index in [9.17, 15) is 51.2 Å².